The number of fused-ring (bicyclic) bond motifs is 1. The van der Waals surface area contributed by atoms with Crippen LogP contribution in [0, 0.1) is 0 Å². The molecule has 0 radical (unpaired) electrons. The Bertz CT molecular complexity index is 1400. The van der Waals surface area contributed by atoms with Gasteiger partial charge in [0.15, 0.2) is 6.10 Å². The number of aliphatic hydroxyl groups is 1. The second-order valence-corrected chi connectivity index (χ2v) is 10.1. The van der Waals surface area contributed by atoms with E-state index in [0.29, 0.717) is 5.57 Å². The molecule has 39 heavy (non-hydrogen) atoms. The number of ether oxygens (including phenoxy) is 1. The molecular weight excluding hydrogens is 520 g/mol. The van der Waals surface area contributed by atoms with Crippen molar-refractivity contribution < 1.29 is 34.1 Å². The first-order valence-corrected chi connectivity index (χ1v) is 13.2. The van der Waals surface area contributed by atoms with Gasteiger partial charge in [-0.15, -0.1) is 11.8 Å². The number of amides is 2. The summed E-state index contributed by atoms with van der Waals surface area (Å²) in [5.74, 6) is -2.63. The maximum absolute atomic E-state index is 13.6. The average Bonchev–Trinajstić information content (AvgIpc) is 2.98. The molecule has 198 valence electrons. The molecule has 1 saturated heterocycles. The molecule has 10 heteroatoms. The van der Waals surface area contributed by atoms with Crippen LogP contribution < -0.4 is 5.32 Å². The molecule has 1 fully saturated rings. The number of carboxylic acid groups (broad SMARTS) is 1. The molecule has 2 aliphatic rings. The molecule has 0 saturated carbocycles. The van der Waals surface area contributed by atoms with Gasteiger partial charge in [-0.3, -0.25) is 14.5 Å². The van der Waals surface area contributed by atoms with Gasteiger partial charge in [-0.1, -0.05) is 60.7 Å². The number of carbonyl (C=O) groups excluding carboxylic acids is 3. The predicted molar refractivity (Wildman–Crippen MR) is 143 cm³/mol. The highest BCUT2D eigenvalue weighted by Gasteiger charge is 2.54. The highest BCUT2D eigenvalue weighted by atomic mass is 32.2. The number of β-lactam (4-membered cyclic amide) rings is 1. The van der Waals surface area contributed by atoms with Crippen LogP contribution in [-0.2, 0) is 14.3 Å². The fraction of sp³-hybridized carbons (Fsp3) is 0.172. The zero-order valence-electron chi connectivity index (χ0n) is 20.5. The number of nitrogens with one attached hydrogen (secondary N) is 1. The summed E-state index contributed by atoms with van der Waals surface area (Å²) in [4.78, 5) is 51.9. The number of nitrogens with zero attached hydrogens (tertiary/aromatic N) is 1. The molecule has 2 heterocycles. The Morgan fingerprint density at radius 2 is 1.49 bits per heavy atom. The van der Waals surface area contributed by atoms with Gasteiger partial charge in [0.2, 0.25) is 0 Å². The molecule has 3 aromatic carbocycles. The van der Waals surface area contributed by atoms with Crippen molar-refractivity contribution >= 4 is 35.5 Å². The Labute approximate surface area is 228 Å². The van der Waals surface area contributed by atoms with Gasteiger partial charge in [-0.25, -0.2) is 9.59 Å². The number of hydrogen-bond donors (Lipinski definition) is 3. The number of rotatable bonds is 8. The zero-order valence-corrected chi connectivity index (χ0v) is 21.3. The maximum atomic E-state index is 13.6. The fourth-order valence-electron chi connectivity index (χ4n) is 4.53. The number of carboxylic acids is 1. The number of aliphatic hydroxyl groups excluding tert-OH is 1. The van der Waals surface area contributed by atoms with Gasteiger partial charge in [0, 0.05) is 11.3 Å². The lowest BCUT2D eigenvalue weighted by Crippen LogP contribution is -2.70. The van der Waals surface area contributed by atoms with Crippen molar-refractivity contribution in [2.45, 2.75) is 17.5 Å². The second-order valence-electron chi connectivity index (χ2n) is 8.96. The third-order valence-electron chi connectivity index (χ3n) is 6.54. The van der Waals surface area contributed by atoms with Crippen molar-refractivity contribution in [2.24, 2.45) is 0 Å². The molecule has 5 rings (SSSR count). The van der Waals surface area contributed by atoms with Crippen LogP contribution in [-0.4, -0.2) is 62.6 Å². The van der Waals surface area contributed by atoms with Gasteiger partial charge in [-0.2, -0.15) is 0 Å². The molecule has 3 N–H and O–H groups in total. The van der Waals surface area contributed by atoms with Gasteiger partial charge < -0.3 is 20.3 Å². The largest absolute Gasteiger partial charge is 0.478 e. The minimum absolute atomic E-state index is 0.0144. The van der Waals surface area contributed by atoms with E-state index in [9.17, 15) is 24.3 Å². The van der Waals surface area contributed by atoms with Crippen LogP contribution in [0.4, 0.5) is 0 Å². The maximum Gasteiger partial charge on any atom is 0.356 e. The first-order chi connectivity index (χ1) is 18.9. The molecule has 3 aromatic rings. The third kappa shape index (κ3) is 5.16. The topological polar surface area (TPSA) is 133 Å². The van der Waals surface area contributed by atoms with Crippen LogP contribution in [0.25, 0.3) is 0 Å². The number of aromatic carboxylic acids is 1. The summed E-state index contributed by atoms with van der Waals surface area (Å²) in [6.07, 6.45) is -0.735. The lowest BCUT2D eigenvalue weighted by Gasteiger charge is -2.49. The number of esters is 1. The third-order valence-corrected chi connectivity index (χ3v) is 7.88. The van der Waals surface area contributed by atoms with Crippen molar-refractivity contribution in [3.63, 3.8) is 0 Å². The average molecular weight is 545 g/mol. The summed E-state index contributed by atoms with van der Waals surface area (Å²) in [6.45, 7) is -0.428. The molecule has 2 aliphatic heterocycles. The standard InChI is InChI=1S/C29H24N2O7S/c32-15-21-16-39-27-22(30-25(33)19-11-13-20(14-12-19)28(35)36)26(34)31(27)23(21)29(37)38-24(17-7-3-1-4-8-17)18-9-5-2-6-10-18/h1-14,22,24,27,32H,15-16H2,(H,30,33)(H,35,36)/t22-,27+/m0/s1. The quantitative estimate of drug-likeness (QED) is 0.291. The Balaban J connectivity index is 1.36. The van der Waals surface area contributed by atoms with Gasteiger partial charge >= 0.3 is 11.9 Å². The summed E-state index contributed by atoms with van der Waals surface area (Å²) in [5.41, 5.74) is 2.09. The first kappa shape index (κ1) is 26.2. The molecule has 0 unspecified atom stereocenters. The summed E-state index contributed by atoms with van der Waals surface area (Å²) in [7, 11) is 0. The normalized spacial score (nSPS) is 18.3. The summed E-state index contributed by atoms with van der Waals surface area (Å²) in [6, 6.07) is 22.9. The zero-order chi connectivity index (χ0) is 27.5. The van der Waals surface area contributed by atoms with Crippen LogP contribution in [0.5, 0.6) is 0 Å². The number of hydrogen-bond acceptors (Lipinski definition) is 7. The second kappa shape index (κ2) is 11.1. The lowest BCUT2D eigenvalue weighted by atomic mass is 10.0. The van der Waals surface area contributed by atoms with Crippen molar-refractivity contribution in [1.82, 2.24) is 10.2 Å². The van der Waals surface area contributed by atoms with Crippen LogP contribution in [0.15, 0.2) is 96.2 Å². The molecular formula is C29H24N2O7S. The highest BCUT2D eigenvalue weighted by molar-refractivity contribution is 8.00. The Morgan fingerprint density at radius 3 is 2.03 bits per heavy atom. The van der Waals surface area contributed by atoms with Crippen molar-refractivity contribution in [3.05, 3.63) is 118 Å². The molecule has 0 aromatic heterocycles. The first-order valence-electron chi connectivity index (χ1n) is 12.1. The molecule has 0 spiro atoms. The summed E-state index contributed by atoms with van der Waals surface area (Å²) < 4.78 is 5.96. The smallest absolute Gasteiger partial charge is 0.356 e. The van der Waals surface area contributed by atoms with E-state index in [1.54, 1.807) is 0 Å². The minimum Gasteiger partial charge on any atom is -0.478 e. The van der Waals surface area contributed by atoms with E-state index in [4.69, 9.17) is 9.84 Å². The van der Waals surface area contributed by atoms with E-state index in [1.807, 2.05) is 60.7 Å². The highest BCUT2D eigenvalue weighted by Crippen LogP contribution is 2.41. The van der Waals surface area contributed by atoms with Gasteiger partial charge in [0.1, 0.15) is 17.1 Å². The number of carbonyl (C=O) groups is 4. The van der Waals surface area contributed by atoms with Crippen LogP contribution >= 0.6 is 11.8 Å². The summed E-state index contributed by atoms with van der Waals surface area (Å²) >= 11 is 1.32. The Hall–Kier alpha value is -4.41. The van der Waals surface area contributed by atoms with Crippen LogP contribution in [0.3, 0.4) is 0 Å². The molecule has 0 aliphatic carbocycles. The van der Waals surface area contributed by atoms with E-state index in [1.165, 1.54) is 40.9 Å². The van der Waals surface area contributed by atoms with Crippen LogP contribution in [0.1, 0.15) is 37.9 Å². The minimum atomic E-state index is -1.11. The van der Waals surface area contributed by atoms with Gasteiger partial charge in [-0.05, 0) is 41.0 Å². The number of thioether (sulfide) groups is 1. The van der Waals surface area contributed by atoms with E-state index in [2.05, 4.69) is 5.32 Å². The van der Waals surface area contributed by atoms with Crippen molar-refractivity contribution in [3.8, 4) is 0 Å². The van der Waals surface area contributed by atoms with E-state index < -0.39 is 47.9 Å². The molecule has 2 amide bonds. The SMILES string of the molecule is O=C(OC(c1ccccc1)c1ccccc1)C1=C(CO)CS[C@@H]2[C@@H](NC(=O)c3ccc(C(=O)O)cc3)C(=O)N12. The summed E-state index contributed by atoms with van der Waals surface area (Å²) in [5, 5.41) is 21.2. The number of benzene rings is 3. The Kier molecular flexibility index (Phi) is 7.49. The molecule has 9 nitrogen and oxygen atoms in total. The van der Waals surface area contributed by atoms with E-state index in [0.717, 1.165) is 11.1 Å². The fourth-order valence-corrected chi connectivity index (χ4v) is 5.86. The van der Waals surface area contributed by atoms with E-state index in [-0.39, 0.29) is 22.6 Å². The predicted octanol–water partition coefficient (Wildman–Crippen LogP) is 2.98. The lowest BCUT2D eigenvalue weighted by molar-refractivity contribution is -0.153. The van der Waals surface area contributed by atoms with Gasteiger partial charge in [0.05, 0.1) is 12.2 Å². The van der Waals surface area contributed by atoms with Gasteiger partial charge in [0.25, 0.3) is 11.8 Å². The van der Waals surface area contributed by atoms with Crippen molar-refractivity contribution in [1.29, 1.82) is 0 Å². The molecule has 0 bridgehead atoms. The monoisotopic (exact) mass is 544 g/mol. The van der Waals surface area contributed by atoms with Crippen LogP contribution in [0.2, 0.25) is 0 Å². The molecule has 2 atom stereocenters. The Morgan fingerprint density at radius 1 is 0.923 bits per heavy atom. The van der Waals surface area contributed by atoms with E-state index >= 15 is 0 Å². The van der Waals surface area contributed by atoms with Crippen molar-refractivity contribution in [2.75, 3.05) is 12.4 Å².